The van der Waals surface area contributed by atoms with Crippen molar-refractivity contribution in [1.82, 2.24) is 9.55 Å². The summed E-state index contributed by atoms with van der Waals surface area (Å²) in [5, 5.41) is 0.752. The third-order valence-corrected chi connectivity index (χ3v) is 3.73. The number of fused-ring (bicyclic) bond motifs is 1. The number of nitrogens with two attached hydrogens (primary N) is 1. The van der Waals surface area contributed by atoms with Gasteiger partial charge in [0, 0.05) is 18.0 Å². The minimum absolute atomic E-state index is 0.729. The van der Waals surface area contributed by atoms with Crippen molar-refractivity contribution in [3.05, 3.63) is 58.9 Å². The lowest BCUT2D eigenvalue weighted by Crippen LogP contribution is -2.02. The first-order chi connectivity index (χ1) is 9.69. The predicted molar refractivity (Wildman–Crippen MR) is 84.1 cm³/mol. The summed E-state index contributed by atoms with van der Waals surface area (Å²) in [5.74, 6) is 1.03. The summed E-state index contributed by atoms with van der Waals surface area (Å²) < 4.78 is 2.21. The number of imidazole rings is 1. The molecule has 0 atom stereocenters. The van der Waals surface area contributed by atoms with Crippen LogP contribution in [0.4, 0.5) is 5.69 Å². The van der Waals surface area contributed by atoms with E-state index >= 15 is 0 Å². The van der Waals surface area contributed by atoms with Gasteiger partial charge in [-0.25, -0.2) is 4.98 Å². The quantitative estimate of drug-likeness (QED) is 0.742. The van der Waals surface area contributed by atoms with E-state index in [0.29, 0.717) is 0 Å². The van der Waals surface area contributed by atoms with Crippen LogP contribution in [0.2, 0.25) is 5.02 Å². The Morgan fingerprint density at radius 2 is 1.90 bits per heavy atom. The number of benzene rings is 2. The van der Waals surface area contributed by atoms with Gasteiger partial charge in [0.1, 0.15) is 11.3 Å². The highest BCUT2D eigenvalue weighted by Gasteiger charge is 2.11. The monoisotopic (exact) mass is 285 g/mol. The number of nitrogens with zero attached hydrogens (tertiary/aromatic N) is 2. The van der Waals surface area contributed by atoms with Crippen molar-refractivity contribution < 1.29 is 0 Å². The number of para-hydroxylation sites is 1. The highest BCUT2D eigenvalue weighted by atomic mass is 35.5. The zero-order valence-electron chi connectivity index (χ0n) is 11.3. The molecule has 0 saturated carbocycles. The van der Waals surface area contributed by atoms with E-state index in [9.17, 15) is 0 Å². The van der Waals surface area contributed by atoms with Crippen LogP contribution in [0.3, 0.4) is 0 Å². The molecule has 0 bridgehead atoms. The van der Waals surface area contributed by atoms with E-state index in [0.717, 1.165) is 40.5 Å². The Bertz CT molecular complexity index is 744. The number of hydrogen-bond donors (Lipinski definition) is 1. The summed E-state index contributed by atoms with van der Waals surface area (Å²) in [6.07, 6.45) is 0.777. The zero-order chi connectivity index (χ0) is 14.1. The summed E-state index contributed by atoms with van der Waals surface area (Å²) in [7, 11) is 0. The van der Waals surface area contributed by atoms with E-state index in [4.69, 9.17) is 22.3 Å². The van der Waals surface area contributed by atoms with E-state index in [1.807, 2.05) is 36.4 Å². The number of aromatic nitrogens is 2. The molecule has 0 aliphatic carbocycles. The maximum Gasteiger partial charge on any atom is 0.114 e. The summed E-state index contributed by atoms with van der Waals surface area (Å²) in [4.78, 5) is 4.71. The maximum absolute atomic E-state index is 6.01. The van der Waals surface area contributed by atoms with Crippen LogP contribution in [-0.4, -0.2) is 9.55 Å². The molecule has 20 heavy (non-hydrogen) atoms. The molecule has 0 radical (unpaired) electrons. The van der Waals surface area contributed by atoms with Gasteiger partial charge in [0.25, 0.3) is 0 Å². The highest BCUT2D eigenvalue weighted by Crippen LogP contribution is 2.23. The third kappa shape index (κ3) is 2.25. The normalized spacial score (nSPS) is 11.1. The van der Waals surface area contributed by atoms with E-state index in [1.165, 1.54) is 5.56 Å². The molecule has 0 aliphatic rings. The van der Waals surface area contributed by atoms with Crippen LogP contribution in [0, 0.1) is 0 Å². The van der Waals surface area contributed by atoms with Crippen molar-refractivity contribution >= 4 is 28.3 Å². The van der Waals surface area contributed by atoms with Crippen LogP contribution >= 0.6 is 11.6 Å². The fourth-order valence-corrected chi connectivity index (χ4v) is 2.62. The lowest BCUT2D eigenvalue weighted by molar-refractivity contribution is 0.733. The zero-order valence-corrected chi connectivity index (χ0v) is 12.1. The van der Waals surface area contributed by atoms with Gasteiger partial charge in [-0.3, -0.25) is 0 Å². The molecule has 4 heteroatoms. The SMILES string of the molecule is CCn1c(Cc2ccc(Cl)cc2)nc2c(N)cccc21. The molecule has 2 aromatic carbocycles. The molecule has 102 valence electrons. The lowest BCUT2D eigenvalue weighted by atomic mass is 10.1. The average molecular weight is 286 g/mol. The molecule has 0 amide bonds. The number of aryl methyl sites for hydroxylation is 1. The topological polar surface area (TPSA) is 43.8 Å². The van der Waals surface area contributed by atoms with Gasteiger partial charge in [-0.15, -0.1) is 0 Å². The van der Waals surface area contributed by atoms with Crippen molar-refractivity contribution in [1.29, 1.82) is 0 Å². The second kappa shape index (κ2) is 5.17. The van der Waals surface area contributed by atoms with Gasteiger partial charge in [0.2, 0.25) is 0 Å². The van der Waals surface area contributed by atoms with Gasteiger partial charge in [0.15, 0.2) is 0 Å². The van der Waals surface area contributed by atoms with Crippen LogP contribution in [0.15, 0.2) is 42.5 Å². The van der Waals surface area contributed by atoms with Crippen LogP contribution < -0.4 is 5.73 Å². The Kier molecular flexibility index (Phi) is 3.36. The van der Waals surface area contributed by atoms with Gasteiger partial charge in [-0.2, -0.15) is 0 Å². The first-order valence-corrected chi connectivity index (χ1v) is 7.05. The predicted octanol–water partition coefficient (Wildman–Crippen LogP) is 3.88. The molecule has 0 aliphatic heterocycles. The van der Waals surface area contributed by atoms with E-state index in [2.05, 4.69) is 17.6 Å². The molecular weight excluding hydrogens is 270 g/mol. The summed E-state index contributed by atoms with van der Waals surface area (Å²) in [6, 6.07) is 13.8. The number of halogens is 1. The first-order valence-electron chi connectivity index (χ1n) is 6.67. The number of hydrogen-bond acceptors (Lipinski definition) is 2. The van der Waals surface area contributed by atoms with Crippen molar-refractivity contribution in [2.75, 3.05) is 5.73 Å². The minimum atomic E-state index is 0.729. The Morgan fingerprint density at radius 1 is 1.15 bits per heavy atom. The second-order valence-corrected chi connectivity index (χ2v) is 5.23. The minimum Gasteiger partial charge on any atom is -0.397 e. The highest BCUT2D eigenvalue weighted by molar-refractivity contribution is 6.30. The molecule has 0 fully saturated rings. The van der Waals surface area contributed by atoms with Gasteiger partial charge in [-0.1, -0.05) is 29.8 Å². The summed E-state index contributed by atoms with van der Waals surface area (Å²) in [6.45, 7) is 3.00. The van der Waals surface area contributed by atoms with Crippen molar-refractivity contribution in [2.45, 2.75) is 19.9 Å². The summed E-state index contributed by atoms with van der Waals surface area (Å²) >= 11 is 5.92. The fraction of sp³-hybridized carbons (Fsp3) is 0.188. The Hall–Kier alpha value is -2.00. The molecule has 3 aromatic rings. The third-order valence-electron chi connectivity index (χ3n) is 3.48. The molecule has 0 unspecified atom stereocenters. The number of rotatable bonds is 3. The molecule has 0 spiro atoms. The van der Waals surface area contributed by atoms with Crippen molar-refractivity contribution in [3.8, 4) is 0 Å². The molecule has 3 nitrogen and oxygen atoms in total. The molecule has 2 N–H and O–H groups in total. The maximum atomic E-state index is 6.01. The van der Waals surface area contributed by atoms with Crippen LogP contribution in [0.25, 0.3) is 11.0 Å². The van der Waals surface area contributed by atoms with E-state index in [1.54, 1.807) is 0 Å². The van der Waals surface area contributed by atoms with Gasteiger partial charge in [0.05, 0.1) is 11.2 Å². The first kappa shape index (κ1) is 13.0. The smallest absolute Gasteiger partial charge is 0.114 e. The molecule has 1 aromatic heterocycles. The van der Waals surface area contributed by atoms with Crippen LogP contribution in [0.1, 0.15) is 18.3 Å². The Labute approximate surface area is 123 Å². The van der Waals surface area contributed by atoms with Gasteiger partial charge in [-0.05, 0) is 36.8 Å². The van der Waals surface area contributed by atoms with Gasteiger partial charge < -0.3 is 10.3 Å². The standard InChI is InChI=1S/C16H16ClN3/c1-2-20-14-5-3-4-13(18)16(14)19-15(20)10-11-6-8-12(17)9-7-11/h3-9H,2,10,18H2,1H3. The summed E-state index contributed by atoms with van der Waals surface area (Å²) in [5.41, 5.74) is 9.92. The Balaban J connectivity index is 2.07. The fourth-order valence-electron chi connectivity index (χ4n) is 2.49. The largest absolute Gasteiger partial charge is 0.397 e. The van der Waals surface area contributed by atoms with Crippen molar-refractivity contribution in [2.24, 2.45) is 0 Å². The lowest BCUT2D eigenvalue weighted by Gasteiger charge is -2.06. The van der Waals surface area contributed by atoms with Crippen LogP contribution in [-0.2, 0) is 13.0 Å². The Morgan fingerprint density at radius 3 is 2.60 bits per heavy atom. The molecular formula is C16H16ClN3. The van der Waals surface area contributed by atoms with Crippen LogP contribution in [0.5, 0.6) is 0 Å². The molecule has 3 rings (SSSR count). The van der Waals surface area contributed by atoms with Gasteiger partial charge >= 0.3 is 0 Å². The number of nitrogen functional groups attached to an aromatic ring is 1. The van der Waals surface area contributed by atoms with Crippen molar-refractivity contribution in [3.63, 3.8) is 0 Å². The molecule has 0 saturated heterocycles. The van der Waals surface area contributed by atoms with E-state index < -0.39 is 0 Å². The molecule has 1 heterocycles. The van der Waals surface area contributed by atoms with E-state index in [-0.39, 0.29) is 0 Å². The second-order valence-electron chi connectivity index (χ2n) is 4.79. The number of anilines is 1. The average Bonchev–Trinajstić information content (AvgIpc) is 2.80.